The summed E-state index contributed by atoms with van der Waals surface area (Å²) in [5.74, 6) is 1.93. The summed E-state index contributed by atoms with van der Waals surface area (Å²) in [6.45, 7) is 2.60. The van der Waals surface area contributed by atoms with E-state index in [1.807, 2.05) is 31.2 Å². The van der Waals surface area contributed by atoms with Crippen LogP contribution in [-0.2, 0) is 6.61 Å². The number of benzene rings is 3. The molecule has 1 heterocycles. The number of hydrogen-bond donors (Lipinski definition) is 0. The number of aromatic nitrogens is 2. The number of fused-ring (bicyclic) bond motifs is 1. The van der Waals surface area contributed by atoms with Gasteiger partial charge in [0.1, 0.15) is 12.4 Å². The van der Waals surface area contributed by atoms with Crippen LogP contribution in [0.15, 0.2) is 65.8 Å². The number of rotatable bonds is 8. The minimum absolute atomic E-state index is 0.174. The second kappa shape index (κ2) is 13.6. The molecular formula is C30H26Br3Cl2N3O3. The number of nitrogens with zero attached hydrogens (tertiary/aromatic N) is 3. The van der Waals surface area contributed by atoms with Crippen molar-refractivity contribution in [1.82, 2.24) is 9.66 Å². The topological polar surface area (TPSA) is 65.7 Å². The number of hydrogen-bond acceptors (Lipinski definition) is 5. The summed E-state index contributed by atoms with van der Waals surface area (Å²) in [5.41, 5.74) is 2.05. The fraction of sp³-hybridized carbons (Fsp3) is 0.300. The largest absolute Gasteiger partial charge is 0.490 e. The van der Waals surface area contributed by atoms with Crippen molar-refractivity contribution >= 4 is 88.1 Å². The molecule has 0 atom stereocenters. The molecule has 5 rings (SSSR count). The van der Waals surface area contributed by atoms with Crippen LogP contribution in [0.3, 0.4) is 0 Å². The van der Waals surface area contributed by atoms with Gasteiger partial charge in [-0.05, 0) is 93.6 Å². The van der Waals surface area contributed by atoms with E-state index in [9.17, 15) is 4.79 Å². The summed E-state index contributed by atoms with van der Waals surface area (Å²) in [6, 6.07) is 12.8. The molecule has 4 aromatic rings. The van der Waals surface area contributed by atoms with Crippen molar-refractivity contribution in [3.8, 4) is 11.5 Å². The van der Waals surface area contributed by atoms with Crippen LogP contribution in [0.25, 0.3) is 10.9 Å². The molecule has 0 amide bonds. The van der Waals surface area contributed by atoms with Gasteiger partial charge in [0.2, 0.25) is 0 Å². The Morgan fingerprint density at radius 3 is 2.51 bits per heavy atom. The maximum atomic E-state index is 13.7. The first-order valence-corrected chi connectivity index (χ1v) is 16.4. The summed E-state index contributed by atoms with van der Waals surface area (Å²) >= 11 is 23.1. The molecule has 0 saturated heterocycles. The fourth-order valence-corrected chi connectivity index (χ4v) is 6.52. The van der Waals surface area contributed by atoms with E-state index in [2.05, 4.69) is 47.8 Å². The van der Waals surface area contributed by atoms with Gasteiger partial charge in [0.05, 0.1) is 38.2 Å². The van der Waals surface area contributed by atoms with Crippen LogP contribution in [0.5, 0.6) is 11.5 Å². The second-order valence-electron chi connectivity index (χ2n) is 9.72. The van der Waals surface area contributed by atoms with E-state index in [0.717, 1.165) is 35.7 Å². The smallest absolute Gasteiger partial charge is 0.282 e. The summed E-state index contributed by atoms with van der Waals surface area (Å²) in [4.78, 5) is 18.6. The van der Waals surface area contributed by atoms with E-state index in [0.29, 0.717) is 59.4 Å². The average molecular weight is 787 g/mol. The second-order valence-corrected chi connectivity index (χ2v) is 13.0. The van der Waals surface area contributed by atoms with E-state index in [1.54, 1.807) is 24.4 Å². The Bertz CT molecular complexity index is 1690. The summed E-state index contributed by atoms with van der Waals surface area (Å²) in [5, 5.41) is 6.16. The van der Waals surface area contributed by atoms with Crippen molar-refractivity contribution in [3.63, 3.8) is 0 Å². The third-order valence-corrected chi connectivity index (χ3v) is 10.3. The van der Waals surface area contributed by atoms with Crippen LogP contribution in [0.2, 0.25) is 10.0 Å². The Hall–Kier alpha value is -1.91. The van der Waals surface area contributed by atoms with Crippen LogP contribution in [0.4, 0.5) is 0 Å². The molecule has 1 aliphatic rings. The lowest BCUT2D eigenvalue weighted by Gasteiger charge is -2.23. The average Bonchev–Trinajstić information content (AvgIpc) is 2.97. The Kier molecular flexibility index (Phi) is 10.1. The van der Waals surface area contributed by atoms with Gasteiger partial charge in [0.15, 0.2) is 11.5 Å². The zero-order chi connectivity index (χ0) is 29.1. The highest BCUT2D eigenvalue weighted by Crippen LogP contribution is 2.43. The molecule has 0 spiro atoms. The molecule has 1 aliphatic carbocycles. The molecule has 1 saturated carbocycles. The van der Waals surface area contributed by atoms with Crippen molar-refractivity contribution in [2.75, 3.05) is 6.61 Å². The van der Waals surface area contributed by atoms with Gasteiger partial charge < -0.3 is 9.47 Å². The van der Waals surface area contributed by atoms with Crippen LogP contribution in [0.1, 0.15) is 61.9 Å². The van der Waals surface area contributed by atoms with Crippen LogP contribution < -0.4 is 15.0 Å². The maximum absolute atomic E-state index is 13.7. The molecule has 0 N–H and O–H groups in total. The minimum Gasteiger partial charge on any atom is -0.490 e. The molecule has 0 unspecified atom stereocenters. The Labute approximate surface area is 273 Å². The SMILES string of the molecule is CCOc1cc(C=Nn2c(C3CCCCC3)nc3ccc(Br)cc3c2=O)c(Br)c(Br)c1OCc1ccc(Cl)c(Cl)c1. The van der Waals surface area contributed by atoms with Gasteiger partial charge in [0, 0.05) is 20.4 Å². The molecular weight excluding hydrogens is 761 g/mol. The van der Waals surface area contributed by atoms with E-state index in [4.69, 9.17) is 42.8 Å². The lowest BCUT2D eigenvalue weighted by Crippen LogP contribution is -2.25. The highest BCUT2D eigenvalue weighted by atomic mass is 79.9. The monoisotopic (exact) mass is 783 g/mol. The highest BCUT2D eigenvalue weighted by molar-refractivity contribution is 9.13. The molecule has 3 aromatic carbocycles. The molecule has 11 heteroatoms. The van der Waals surface area contributed by atoms with E-state index < -0.39 is 0 Å². The first kappa shape index (κ1) is 30.5. The molecule has 214 valence electrons. The number of halogens is 5. The quantitative estimate of drug-likeness (QED) is 0.167. The first-order valence-electron chi connectivity index (χ1n) is 13.2. The maximum Gasteiger partial charge on any atom is 0.282 e. The van der Waals surface area contributed by atoms with Crippen LogP contribution in [-0.4, -0.2) is 22.5 Å². The van der Waals surface area contributed by atoms with Crippen molar-refractivity contribution in [1.29, 1.82) is 0 Å². The predicted molar refractivity (Wildman–Crippen MR) is 176 cm³/mol. The summed E-state index contributed by atoms with van der Waals surface area (Å²) in [6.07, 6.45) is 7.05. The van der Waals surface area contributed by atoms with Gasteiger partial charge >= 0.3 is 0 Å². The van der Waals surface area contributed by atoms with Gasteiger partial charge in [-0.3, -0.25) is 4.79 Å². The minimum atomic E-state index is -0.199. The van der Waals surface area contributed by atoms with Gasteiger partial charge in [-0.25, -0.2) is 4.98 Å². The molecule has 0 radical (unpaired) electrons. The van der Waals surface area contributed by atoms with Crippen LogP contribution in [0, 0.1) is 0 Å². The van der Waals surface area contributed by atoms with Gasteiger partial charge in [-0.2, -0.15) is 9.78 Å². The van der Waals surface area contributed by atoms with E-state index >= 15 is 0 Å². The molecule has 6 nitrogen and oxygen atoms in total. The van der Waals surface area contributed by atoms with E-state index in [1.165, 1.54) is 11.1 Å². The molecule has 0 aliphatic heterocycles. The third-order valence-electron chi connectivity index (χ3n) is 6.94. The van der Waals surface area contributed by atoms with Gasteiger partial charge in [-0.1, -0.05) is 64.5 Å². The zero-order valence-corrected chi connectivity index (χ0v) is 28.4. The first-order chi connectivity index (χ1) is 19.8. The lowest BCUT2D eigenvalue weighted by molar-refractivity contribution is 0.267. The Balaban J connectivity index is 1.54. The van der Waals surface area contributed by atoms with Gasteiger partial charge in [0.25, 0.3) is 5.56 Å². The third kappa shape index (κ3) is 6.85. The van der Waals surface area contributed by atoms with Crippen molar-refractivity contribution in [3.05, 3.63) is 93.2 Å². The van der Waals surface area contributed by atoms with Crippen molar-refractivity contribution < 1.29 is 9.47 Å². The Morgan fingerprint density at radius 2 is 1.78 bits per heavy atom. The van der Waals surface area contributed by atoms with E-state index in [-0.39, 0.29) is 18.1 Å². The summed E-state index contributed by atoms with van der Waals surface area (Å²) < 4.78 is 15.7. The van der Waals surface area contributed by atoms with Crippen LogP contribution >= 0.6 is 71.0 Å². The number of ether oxygens (including phenoxy) is 2. The Morgan fingerprint density at radius 1 is 1.00 bits per heavy atom. The molecule has 0 bridgehead atoms. The fourth-order valence-electron chi connectivity index (χ4n) is 4.90. The highest BCUT2D eigenvalue weighted by Gasteiger charge is 2.23. The normalized spacial score (nSPS) is 14.2. The standard InChI is InChI=1S/C30H26Br3Cl2N3O3/c1-2-40-25-13-19(26(32)27(33)28(25)41-16-17-8-10-22(34)23(35)12-17)15-36-38-29(18-6-4-3-5-7-18)37-24-11-9-20(31)14-21(24)30(38)39/h8-15,18H,2-7,16H2,1H3. The molecule has 1 fully saturated rings. The van der Waals surface area contributed by atoms with Gasteiger partial charge in [-0.15, -0.1) is 0 Å². The van der Waals surface area contributed by atoms with Crippen molar-refractivity contribution in [2.24, 2.45) is 5.10 Å². The summed E-state index contributed by atoms with van der Waals surface area (Å²) in [7, 11) is 0. The zero-order valence-electron chi connectivity index (χ0n) is 22.1. The molecule has 41 heavy (non-hydrogen) atoms. The van der Waals surface area contributed by atoms with Crippen molar-refractivity contribution in [2.45, 2.75) is 51.6 Å². The molecule has 1 aromatic heterocycles. The lowest BCUT2D eigenvalue weighted by atomic mass is 9.88. The predicted octanol–water partition coefficient (Wildman–Crippen LogP) is 9.90.